The van der Waals surface area contributed by atoms with Gasteiger partial charge in [-0.3, -0.25) is 9.10 Å². The van der Waals surface area contributed by atoms with Crippen molar-refractivity contribution in [3.05, 3.63) is 82.4 Å². The van der Waals surface area contributed by atoms with Crippen LogP contribution < -0.4 is 19.1 Å². The Morgan fingerprint density at radius 1 is 0.842 bits per heavy atom. The molecule has 3 rings (SSSR count). The van der Waals surface area contributed by atoms with Gasteiger partial charge in [0.2, 0.25) is 5.91 Å². The maximum absolute atomic E-state index is 13.8. The number of carbonyl (C=O) groups is 1. The maximum Gasteiger partial charge on any atom is 0.264 e. The van der Waals surface area contributed by atoms with Gasteiger partial charge in [-0.05, 0) is 92.3 Å². The van der Waals surface area contributed by atoms with Crippen molar-refractivity contribution in [1.82, 2.24) is 5.32 Å². The van der Waals surface area contributed by atoms with Crippen LogP contribution >= 0.6 is 0 Å². The zero-order valence-corrected chi connectivity index (χ0v) is 24.3. The van der Waals surface area contributed by atoms with Crippen LogP contribution in [-0.4, -0.2) is 35.1 Å². The van der Waals surface area contributed by atoms with Crippen LogP contribution in [0.4, 0.5) is 5.69 Å². The highest BCUT2D eigenvalue weighted by atomic mass is 32.2. The van der Waals surface area contributed by atoms with Crippen LogP contribution in [0.5, 0.6) is 11.5 Å². The van der Waals surface area contributed by atoms with E-state index in [2.05, 4.69) is 19.2 Å². The number of nitrogens with one attached hydrogen (secondary N) is 1. The summed E-state index contributed by atoms with van der Waals surface area (Å²) in [6.07, 6.45) is 0. The molecule has 3 aromatic carbocycles. The second kappa shape index (κ2) is 11.9. The first kappa shape index (κ1) is 29.0. The summed E-state index contributed by atoms with van der Waals surface area (Å²) in [4.78, 5) is 13.5. The highest BCUT2D eigenvalue weighted by molar-refractivity contribution is 7.92. The molecule has 1 atom stereocenters. The van der Waals surface area contributed by atoms with E-state index in [-0.39, 0.29) is 16.9 Å². The van der Waals surface area contributed by atoms with Crippen LogP contribution in [0.2, 0.25) is 0 Å². The number of hydrogen-bond acceptors (Lipinski definition) is 5. The molecule has 0 aromatic heterocycles. The van der Waals surface area contributed by atoms with Gasteiger partial charge >= 0.3 is 0 Å². The lowest BCUT2D eigenvalue weighted by Crippen LogP contribution is -2.42. The Labute approximate surface area is 226 Å². The number of carbonyl (C=O) groups excluding carboxylic acids is 1. The van der Waals surface area contributed by atoms with Gasteiger partial charge in [-0.1, -0.05) is 37.6 Å². The number of hydrogen-bond donors (Lipinski definition) is 1. The van der Waals surface area contributed by atoms with Gasteiger partial charge in [-0.2, -0.15) is 0 Å². The number of anilines is 1. The molecule has 0 radical (unpaired) electrons. The number of ether oxygens (including phenoxy) is 2. The Hall–Kier alpha value is -3.52. The van der Waals surface area contributed by atoms with Crippen molar-refractivity contribution in [2.24, 2.45) is 0 Å². The Balaban J connectivity index is 1.99. The Kier molecular flexibility index (Phi) is 9.09. The molecule has 0 heterocycles. The standard InChI is InChI=1S/C30H38N2O5S/c1-19(2)25-17-26(22(5)16-29(25)37-8)23(6)31-30(33)18-32(27-15-21(4)11-14-28(27)36-7)38(34,35)24-12-9-20(3)10-13-24/h9-17,19,23H,18H2,1-8H3,(H,31,33)/t23-/m0/s1. The molecule has 0 bridgehead atoms. The van der Waals surface area contributed by atoms with E-state index in [1.165, 1.54) is 7.11 Å². The van der Waals surface area contributed by atoms with E-state index in [1.807, 2.05) is 45.9 Å². The van der Waals surface area contributed by atoms with Crippen molar-refractivity contribution in [3.63, 3.8) is 0 Å². The summed E-state index contributed by atoms with van der Waals surface area (Å²) in [5.41, 5.74) is 5.05. The Morgan fingerprint density at radius 2 is 1.45 bits per heavy atom. The van der Waals surface area contributed by atoms with Gasteiger partial charge in [0.15, 0.2) is 0 Å². The van der Waals surface area contributed by atoms with Gasteiger partial charge in [0.25, 0.3) is 10.0 Å². The molecule has 0 aliphatic carbocycles. The molecule has 0 spiro atoms. The first-order valence-corrected chi connectivity index (χ1v) is 14.0. The van der Waals surface area contributed by atoms with E-state index in [0.717, 1.165) is 37.9 Å². The maximum atomic E-state index is 13.8. The molecule has 0 aliphatic heterocycles. The average Bonchev–Trinajstić information content (AvgIpc) is 2.86. The van der Waals surface area contributed by atoms with Crippen LogP contribution in [0.25, 0.3) is 0 Å². The van der Waals surface area contributed by atoms with Crippen LogP contribution in [0.1, 0.15) is 60.5 Å². The number of sulfonamides is 1. The minimum Gasteiger partial charge on any atom is -0.496 e. The second-order valence-corrected chi connectivity index (χ2v) is 11.8. The quantitative estimate of drug-likeness (QED) is 0.351. The van der Waals surface area contributed by atoms with Gasteiger partial charge < -0.3 is 14.8 Å². The lowest BCUT2D eigenvalue weighted by Gasteiger charge is -2.27. The zero-order chi connectivity index (χ0) is 28.2. The third-order valence-corrected chi connectivity index (χ3v) is 8.36. The third-order valence-electron chi connectivity index (χ3n) is 6.58. The predicted molar refractivity (Wildman–Crippen MR) is 152 cm³/mol. The van der Waals surface area contributed by atoms with Gasteiger partial charge in [0.05, 0.1) is 30.8 Å². The summed E-state index contributed by atoms with van der Waals surface area (Å²) in [5, 5.41) is 3.00. The molecular weight excluding hydrogens is 500 g/mol. The van der Waals surface area contributed by atoms with Gasteiger partial charge in [0, 0.05) is 0 Å². The molecule has 0 saturated heterocycles. The van der Waals surface area contributed by atoms with Gasteiger partial charge in [0.1, 0.15) is 18.0 Å². The molecule has 38 heavy (non-hydrogen) atoms. The predicted octanol–water partition coefficient (Wildman–Crippen LogP) is 5.83. The summed E-state index contributed by atoms with van der Waals surface area (Å²) in [7, 11) is -0.950. The fourth-order valence-corrected chi connectivity index (χ4v) is 5.86. The topological polar surface area (TPSA) is 84.9 Å². The molecular formula is C30H38N2O5S. The Morgan fingerprint density at radius 3 is 2.03 bits per heavy atom. The molecule has 1 amide bonds. The fraction of sp³-hybridized carbons (Fsp3) is 0.367. The molecule has 0 unspecified atom stereocenters. The van der Waals surface area contributed by atoms with Crippen molar-refractivity contribution in [1.29, 1.82) is 0 Å². The average molecular weight is 539 g/mol. The largest absolute Gasteiger partial charge is 0.496 e. The molecule has 7 nitrogen and oxygen atoms in total. The van der Waals surface area contributed by atoms with Crippen molar-refractivity contribution < 1.29 is 22.7 Å². The lowest BCUT2D eigenvalue weighted by atomic mass is 9.93. The molecule has 0 aliphatic rings. The van der Waals surface area contributed by atoms with Crippen LogP contribution in [-0.2, 0) is 14.8 Å². The zero-order valence-electron chi connectivity index (χ0n) is 23.5. The van der Waals surface area contributed by atoms with E-state index < -0.39 is 22.5 Å². The van der Waals surface area contributed by atoms with E-state index in [9.17, 15) is 13.2 Å². The minimum absolute atomic E-state index is 0.0973. The highest BCUT2D eigenvalue weighted by Crippen LogP contribution is 2.34. The number of benzene rings is 3. The molecule has 204 valence electrons. The second-order valence-electron chi connectivity index (χ2n) is 9.89. The van der Waals surface area contributed by atoms with Crippen LogP contribution in [0.15, 0.2) is 59.5 Å². The van der Waals surface area contributed by atoms with Crippen molar-refractivity contribution >= 4 is 21.6 Å². The SMILES string of the molecule is COc1cc(C)c([C@H](C)NC(=O)CN(c2cc(C)ccc2OC)S(=O)(=O)c2ccc(C)cc2)cc1C(C)C. The van der Waals surface area contributed by atoms with E-state index in [1.54, 1.807) is 43.5 Å². The molecule has 3 aromatic rings. The molecule has 8 heteroatoms. The van der Waals surface area contributed by atoms with Crippen LogP contribution in [0, 0.1) is 20.8 Å². The molecule has 0 fully saturated rings. The fourth-order valence-electron chi connectivity index (χ4n) is 4.44. The summed E-state index contributed by atoms with van der Waals surface area (Å²) in [5.74, 6) is 0.968. The van der Waals surface area contributed by atoms with Crippen LogP contribution in [0.3, 0.4) is 0 Å². The van der Waals surface area contributed by atoms with E-state index in [0.29, 0.717) is 11.4 Å². The van der Waals surface area contributed by atoms with Gasteiger partial charge in [-0.15, -0.1) is 0 Å². The summed E-state index contributed by atoms with van der Waals surface area (Å²) in [6.45, 7) is 11.4. The number of amides is 1. The summed E-state index contributed by atoms with van der Waals surface area (Å²) in [6, 6.07) is 15.5. The smallest absolute Gasteiger partial charge is 0.264 e. The monoisotopic (exact) mass is 538 g/mol. The van der Waals surface area contributed by atoms with E-state index >= 15 is 0 Å². The lowest BCUT2D eigenvalue weighted by molar-refractivity contribution is -0.120. The van der Waals surface area contributed by atoms with Crippen molar-refractivity contribution in [2.45, 2.75) is 58.4 Å². The minimum atomic E-state index is -4.07. The first-order valence-electron chi connectivity index (χ1n) is 12.6. The van der Waals surface area contributed by atoms with Crippen molar-refractivity contribution in [3.8, 4) is 11.5 Å². The Bertz CT molecular complexity index is 1400. The third kappa shape index (κ3) is 6.30. The summed E-state index contributed by atoms with van der Waals surface area (Å²) < 4.78 is 39.8. The van der Waals surface area contributed by atoms with Gasteiger partial charge in [-0.25, -0.2) is 8.42 Å². The highest BCUT2D eigenvalue weighted by Gasteiger charge is 2.30. The molecule has 0 saturated carbocycles. The van der Waals surface area contributed by atoms with E-state index in [4.69, 9.17) is 9.47 Å². The number of methoxy groups -OCH3 is 2. The number of nitrogens with zero attached hydrogens (tertiary/aromatic N) is 1. The number of aryl methyl sites for hydroxylation is 3. The summed E-state index contributed by atoms with van der Waals surface area (Å²) >= 11 is 0. The van der Waals surface area contributed by atoms with Crippen molar-refractivity contribution in [2.75, 3.05) is 25.1 Å². The molecule has 1 N–H and O–H groups in total. The number of rotatable bonds is 10. The first-order chi connectivity index (χ1) is 17.9. The normalized spacial score (nSPS) is 12.2.